The molecule has 4 aromatic rings. The van der Waals surface area contributed by atoms with Gasteiger partial charge in [-0.15, -0.1) is 0 Å². The zero-order valence-corrected chi connectivity index (χ0v) is 26.3. The van der Waals surface area contributed by atoms with Gasteiger partial charge in [0.15, 0.2) is 23.7 Å². The molecule has 0 bridgehead atoms. The van der Waals surface area contributed by atoms with Crippen molar-refractivity contribution in [3.8, 4) is 22.6 Å². The Morgan fingerprint density at radius 1 is 0.608 bits per heavy atom. The summed E-state index contributed by atoms with van der Waals surface area (Å²) in [5, 5.41) is 0. The number of ether oxygens (including phenoxy) is 4. The van der Waals surface area contributed by atoms with Crippen LogP contribution in [0.15, 0.2) is 54.6 Å². The van der Waals surface area contributed by atoms with Crippen LogP contribution in [0.4, 0.5) is 52.7 Å². The highest BCUT2D eigenvalue weighted by molar-refractivity contribution is 5.66. The first kappa shape index (κ1) is 37.8. The van der Waals surface area contributed by atoms with E-state index in [9.17, 15) is 39.5 Å². The van der Waals surface area contributed by atoms with Crippen molar-refractivity contribution in [2.45, 2.75) is 51.1 Å². The van der Waals surface area contributed by atoms with Crippen molar-refractivity contribution in [1.82, 2.24) is 0 Å². The lowest BCUT2D eigenvalue weighted by Gasteiger charge is -2.30. The largest absolute Gasteiger partial charge is 0.432 e. The molecule has 0 aliphatic carbocycles. The Balaban J connectivity index is 1.31. The first-order chi connectivity index (χ1) is 24.0. The molecule has 0 saturated carbocycles. The number of unbranched alkanes of at least 4 members (excludes halogenated alkanes) is 2. The van der Waals surface area contributed by atoms with Gasteiger partial charge in [0.1, 0.15) is 51.7 Å². The lowest BCUT2D eigenvalue weighted by Crippen LogP contribution is -2.28. The van der Waals surface area contributed by atoms with Gasteiger partial charge in [0.2, 0.25) is 0 Å². The van der Waals surface area contributed by atoms with Crippen molar-refractivity contribution >= 4 is 0 Å². The van der Waals surface area contributed by atoms with Crippen LogP contribution in [-0.2, 0) is 21.7 Å². The van der Waals surface area contributed by atoms with E-state index in [1.54, 1.807) is 0 Å². The summed E-state index contributed by atoms with van der Waals surface area (Å²) in [5.41, 5.74) is -5.55. The number of benzene rings is 4. The number of hydrogen-bond donors (Lipinski definition) is 0. The van der Waals surface area contributed by atoms with Crippen molar-refractivity contribution in [1.29, 1.82) is 0 Å². The van der Waals surface area contributed by atoms with Gasteiger partial charge in [0, 0.05) is 35.2 Å². The lowest BCUT2D eigenvalue weighted by atomic mass is 10.0. The second kappa shape index (κ2) is 15.0. The summed E-state index contributed by atoms with van der Waals surface area (Å²) in [5.74, 6) is -17.2. The first-order valence-corrected chi connectivity index (χ1v) is 15.3. The molecule has 274 valence electrons. The quantitative estimate of drug-likeness (QED) is 0.0824. The Kier molecular flexibility index (Phi) is 11.1. The van der Waals surface area contributed by atoms with E-state index in [1.165, 1.54) is 0 Å². The number of halogens is 12. The van der Waals surface area contributed by atoms with Crippen LogP contribution in [0.25, 0.3) is 11.1 Å². The van der Waals surface area contributed by atoms with Crippen LogP contribution in [-0.4, -0.2) is 13.2 Å². The van der Waals surface area contributed by atoms with Gasteiger partial charge in [0.05, 0.1) is 13.2 Å². The third kappa shape index (κ3) is 8.38. The summed E-state index contributed by atoms with van der Waals surface area (Å²) in [6.45, 7) is 2.50. The summed E-state index contributed by atoms with van der Waals surface area (Å²) < 4.78 is 193. The highest BCUT2D eigenvalue weighted by Crippen LogP contribution is 2.41. The Morgan fingerprint density at radius 3 is 1.61 bits per heavy atom. The molecule has 0 radical (unpaired) electrons. The van der Waals surface area contributed by atoms with Crippen molar-refractivity contribution in [3.63, 3.8) is 0 Å². The van der Waals surface area contributed by atoms with Crippen molar-refractivity contribution in [3.05, 3.63) is 118 Å². The Bertz CT molecular complexity index is 1820. The predicted molar refractivity (Wildman–Crippen MR) is 156 cm³/mol. The summed E-state index contributed by atoms with van der Waals surface area (Å²) >= 11 is 0. The summed E-state index contributed by atoms with van der Waals surface area (Å²) in [4.78, 5) is 0. The van der Waals surface area contributed by atoms with Gasteiger partial charge in [-0.3, -0.25) is 0 Å². The maximum atomic E-state index is 15.0. The fourth-order valence-corrected chi connectivity index (χ4v) is 5.38. The van der Waals surface area contributed by atoms with Crippen molar-refractivity contribution in [2.24, 2.45) is 5.92 Å². The second-order valence-corrected chi connectivity index (χ2v) is 11.6. The molecule has 0 unspecified atom stereocenters. The van der Waals surface area contributed by atoms with E-state index in [0.717, 1.165) is 25.7 Å². The molecular formula is C35H26F12O4. The highest BCUT2D eigenvalue weighted by Gasteiger charge is 2.43. The monoisotopic (exact) mass is 738 g/mol. The SMILES string of the molecule is CCCCCC1COC(c2cc(F)c(C(F)(F)Oc3ccc(-c4cc(F)c(C(F)(F)Oc5cc(F)c(F)c(F)c5)c(F)c4)c(F)c3)c(F)c2)OC1. The third-order valence-corrected chi connectivity index (χ3v) is 7.84. The lowest BCUT2D eigenvalue weighted by molar-refractivity contribution is -0.206. The number of rotatable bonds is 12. The molecule has 1 saturated heterocycles. The number of alkyl halides is 4. The molecule has 5 rings (SSSR count). The molecular weight excluding hydrogens is 712 g/mol. The molecule has 16 heteroatoms. The molecule has 1 fully saturated rings. The van der Waals surface area contributed by atoms with Crippen LogP contribution in [0.3, 0.4) is 0 Å². The van der Waals surface area contributed by atoms with Crippen LogP contribution in [0.2, 0.25) is 0 Å². The molecule has 0 N–H and O–H groups in total. The fourth-order valence-electron chi connectivity index (χ4n) is 5.38. The second-order valence-electron chi connectivity index (χ2n) is 11.6. The number of hydrogen-bond acceptors (Lipinski definition) is 4. The van der Waals surface area contributed by atoms with E-state index in [4.69, 9.17) is 9.47 Å². The molecule has 1 aliphatic rings. The van der Waals surface area contributed by atoms with Crippen LogP contribution in [0, 0.1) is 52.5 Å². The summed E-state index contributed by atoms with van der Waals surface area (Å²) in [7, 11) is 0. The van der Waals surface area contributed by atoms with Gasteiger partial charge in [-0.2, -0.15) is 17.6 Å². The molecule has 0 aromatic heterocycles. The summed E-state index contributed by atoms with van der Waals surface area (Å²) in [6.07, 6.45) is -7.09. The smallest absolute Gasteiger partial charge is 0.429 e. The Hall–Kier alpha value is -4.44. The normalized spacial score (nSPS) is 16.7. The minimum Gasteiger partial charge on any atom is -0.429 e. The van der Waals surface area contributed by atoms with E-state index in [-0.39, 0.29) is 55.0 Å². The van der Waals surface area contributed by atoms with E-state index in [0.29, 0.717) is 24.3 Å². The molecule has 0 atom stereocenters. The summed E-state index contributed by atoms with van der Waals surface area (Å²) in [6, 6.07) is 3.20. The van der Waals surface area contributed by atoms with Gasteiger partial charge in [-0.25, -0.2) is 35.1 Å². The van der Waals surface area contributed by atoms with Gasteiger partial charge >= 0.3 is 12.2 Å². The Labute approximate surface area is 282 Å². The van der Waals surface area contributed by atoms with Crippen LogP contribution in [0.1, 0.15) is 55.6 Å². The van der Waals surface area contributed by atoms with Crippen molar-refractivity contribution in [2.75, 3.05) is 13.2 Å². The average molecular weight is 739 g/mol. The molecule has 0 spiro atoms. The molecule has 4 aromatic carbocycles. The van der Waals surface area contributed by atoms with Crippen LogP contribution in [0.5, 0.6) is 11.5 Å². The fraction of sp³-hybridized carbons (Fsp3) is 0.314. The van der Waals surface area contributed by atoms with Crippen LogP contribution >= 0.6 is 0 Å². The molecule has 51 heavy (non-hydrogen) atoms. The van der Waals surface area contributed by atoms with Gasteiger partial charge in [0.25, 0.3) is 0 Å². The maximum absolute atomic E-state index is 15.0. The highest BCUT2D eigenvalue weighted by atomic mass is 19.3. The van der Waals surface area contributed by atoms with E-state index in [2.05, 4.69) is 9.47 Å². The molecule has 0 amide bonds. The zero-order valence-electron chi connectivity index (χ0n) is 26.3. The maximum Gasteiger partial charge on any atom is 0.432 e. The van der Waals surface area contributed by atoms with Crippen LogP contribution < -0.4 is 9.47 Å². The molecule has 4 nitrogen and oxygen atoms in total. The molecule has 1 aliphatic heterocycles. The standard InChI is InChI=1S/C35H26F12O4/c1-2-3-4-5-17-15-48-33(49-16-17)19-10-26(39)31(27(40)11-19)34(44,45)50-20-6-7-22(23(36)12-20)18-8-24(37)30(25(38)9-18)35(46,47)51-21-13-28(41)32(43)29(42)14-21/h6-14,17,33H,2-5,15-16H2,1H3. The van der Waals surface area contributed by atoms with Gasteiger partial charge in [-0.05, 0) is 48.4 Å². The van der Waals surface area contributed by atoms with Gasteiger partial charge < -0.3 is 18.9 Å². The van der Waals surface area contributed by atoms with E-state index < -0.39 is 98.8 Å². The minimum atomic E-state index is -4.93. The zero-order chi connectivity index (χ0) is 37.2. The van der Waals surface area contributed by atoms with Crippen molar-refractivity contribution < 1.29 is 71.6 Å². The average Bonchev–Trinajstić information content (AvgIpc) is 3.02. The first-order valence-electron chi connectivity index (χ1n) is 15.3. The van der Waals surface area contributed by atoms with E-state index in [1.807, 2.05) is 6.92 Å². The Morgan fingerprint density at radius 2 is 1.10 bits per heavy atom. The molecule has 1 heterocycles. The van der Waals surface area contributed by atoms with E-state index >= 15 is 13.2 Å². The third-order valence-electron chi connectivity index (χ3n) is 7.84. The predicted octanol–water partition coefficient (Wildman–Crippen LogP) is 11.0. The minimum absolute atomic E-state index is 0.00197. The van der Waals surface area contributed by atoms with Gasteiger partial charge in [-0.1, -0.05) is 26.2 Å². The topological polar surface area (TPSA) is 36.9 Å².